The number of halogens is 4. The molecule has 0 atom stereocenters. The third kappa shape index (κ3) is 5.75. The predicted molar refractivity (Wildman–Crippen MR) is 135 cm³/mol. The minimum atomic E-state index is -3.24. The fraction of sp³-hybridized carbons (Fsp3) is 0.680. The van der Waals surface area contributed by atoms with E-state index in [0.29, 0.717) is 68.7 Å². The maximum atomic E-state index is 13.7. The highest BCUT2D eigenvalue weighted by Gasteiger charge is 2.50. The second kappa shape index (κ2) is 10.1. The zero-order valence-corrected chi connectivity index (χ0v) is 22.0. The number of aliphatic hydroxyl groups is 1. The van der Waals surface area contributed by atoms with E-state index in [-0.39, 0.29) is 22.9 Å². The molecule has 3 fully saturated rings. The number of benzene rings is 1. The van der Waals surface area contributed by atoms with Gasteiger partial charge in [-0.1, -0.05) is 0 Å². The molecule has 3 heterocycles. The number of anilines is 1. The van der Waals surface area contributed by atoms with Crippen molar-refractivity contribution in [2.75, 3.05) is 50.9 Å². The molecule has 0 unspecified atom stereocenters. The van der Waals surface area contributed by atoms with Crippen LogP contribution < -0.4 is 5.32 Å². The van der Waals surface area contributed by atoms with Crippen LogP contribution in [0.25, 0.3) is 10.9 Å². The van der Waals surface area contributed by atoms with Crippen molar-refractivity contribution in [3.63, 3.8) is 0 Å². The van der Waals surface area contributed by atoms with Crippen molar-refractivity contribution in [1.82, 2.24) is 19.2 Å². The van der Waals surface area contributed by atoms with Gasteiger partial charge in [-0.3, -0.25) is 4.90 Å². The van der Waals surface area contributed by atoms with E-state index < -0.39 is 35.5 Å². The van der Waals surface area contributed by atoms with Crippen LogP contribution >= 0.6 is 0 Å². The van der Waals surface area contributed by atoms with Gasteiger partial charge < -0.3 is 10.4 Å². The first-order valence-electron chi connectivity index (χ1n) is 12.9. The van der Waals surface area contributed by atoms with Crippen LogP contribution in [0.5, 0.6) is 0 Å². The van der Waals surface area contributed by atoms with Gasteiger partial charge in [0.2, 0.25) is 16.0 Å². The molecule has 0 amide bonds. The minimum absolute atomic E-state index is 0.0114. The van der Waals surface area contributed by atoms with Crippen LogP contribution in [0.15, 0.2) is 18.3 Å². The number of fused-ring (bicyclic) bond motifs is 1. The van der Waals surface area contributed by atoms with Gasteiger partial charge in [-0.05, 0) is 67.7 Å². The average Bonchev–Trinajstić information content (AvgIpc) is 3.25. The van der Waals surface area contributed by atoms with E-state index in [0.717, 1.165) is 12.0 Å². The van der Waals surface area contributed by atoms with E-state index in [1.807, 2.05) is 0 Å². The third-order valence-electron chi connectivity index (χ3n) is 8.25. The second-order valence-corrected chi connectivity index (χ2v) is 13.2. The number of nitrogens with one attached hydrogen (secondary N) is 1. The Hall–Kier alpha value is -2.09. The first-order valence-corrected chi connectivity index (χ1v) is 14.7. The van der Waals surface area contributed by atoms with Gasteiger partial charge in [-0.15, -0.1) is 0 Å². The van der Waals surface area contributed by atoms with Gasteiger partial charge in [0, 0.05) is 42.8 Å². The van der Waals surface area contributed by atoms with Crippen LogP contribution in [0.1, 0.15) is 55.6 Å². The molecule has 3 aliphatic rings. The van der Waals surface area contributed by atoms with Crippen LogP contribution in [0, 0.1) is 5.41 Å². The number of piperidine rings is 1. The summed E-state index contributed by atoms with van der Waals surface area (Å²) in [5, 5.41) is 12.7. The predicted octanol–water partition coefficient (Wildman–Crippen LogP) is 3.60. The number of hydrogen-bond acceptors (Lipinski definition) is 7. The van der Waals surface area contributed by atoms with E-state index >= 15 is 0 Å². The Morgan fingerprint density at radius 1 is 1.21 bits per heavy atom. The lowest BCUT2D eigenvalue weighted by molar-refractivity contribution is -0.0720. The summed E-state index contributed by atoms with van der Waals surface area (Å²) < 4.78 is 79.8. The van der Waals surface area contributed by atoms with E-state index in [1.54, 1.807) is 4.90 Å². The van der Waals surface area contributed by atoms with Gasteiger partial charge >= 0.3 is 0 Å². The van der Waals surface area contributed by atoms with Crippen LogP contribution in [0.3, 0.4) is 0 Å². The van der Waals surface area contributed by atoms with Crippen molar-refractivity contribution < 1.29 is 31.1 Å². The Morgan fingerprint density at radius 3 is 2.55 bits per heavy atom. The summed E-state index contributed by atoms with van der Waals surface area (Å²) in [7, 11) is -3.24. The Bertz CT molecular complexity index is 1280. The Morgan fingerprint density at radius 2 is 1.92 bits per heavy atom. The molecule has 210 valence electrons. The Balaban J connectivity index is 1.32. The maximum absolute atomic E-state index is 13.7. The number of sulfonamides is 1. The lowest BCUT2D eigenvalue weighted by Gasteiger charge is -2.46. The fourth-order valence-electron chi connectivity index (χ4n) is 6.30. The van der Waals surface area contributed by atoms with Gasteiger partial charge in [0.15, 0.2) is 0 Å². The molecule has 13 heteroatoms. The number of hydrogen-bond donors (Lipinski definition) is 2. The normalized spacial score (nSPS) is 25.9. The van der Waals surface area contributed by atoms with Gasteiger partial charge in [0.25, 0.3) is 12.3 Å². The highest BCUT2D eigenvalue weighted by Crippen LogP contribution is 2.57. The van der Waals surface area contributed by atoms with Crippen LogP contribution in [-0.2, 0) is 10.0 Å². The molecular weight excluding hydrogens is 526 g/mol. The largest absolute Gasteiger partial charge is 0.390 e. The number of alkyl halides is 4. The van der Waals surface area contributed by atoms with Crippen LogP contribution in [-0.4, -0.2) is 90.2 Å². The summed E-state index contributed by atoms with van der Waals surface area (Å²) in [4.78, 5) is 10.7. The fourth-order valence-corrected chi connectivity index (χ4v) is 7.17. The molecule has 0 bridgehead atoms. The van der Waals surface area contributed by atoms with Crippen molar-refractivity contribution in [3.8, 4) is 0 Å². The average molecular weight is 560 g/mol. The first kappa shape index (κ1) is 27.5. The molecule has 2 saturated heterocycles. The van der Waals surface area contributed by atoms with E-state index in [2.05, 4.69) is 10.3 Å². The molecule has 2 aromatic rings. The molecule has 1 saturated carbocycles. The van der Waals surface area contributed by atoms with Crippen molar-refractivity contribution in [2.24, 2.45) is 5.41 Å². The maximum Gasteiger partial charge on any atom is 0.283 e. The first-order chi connectivity index (χ1) is 17.9. The van der Waals surface area contributed by atoms with Crippen molar-refractivity contribution in [1.29, 1.82) is 0 Å². The standard InChI is InChI=1S/C25H33F4N5O3S/c1-38(36,37)34-5-2-19(3-6-34)31-23-30-12-17-8-16(22(26)27)9-20(21(17)32-23)18-10-24(11-18)4-7-33(13-24)14-25(28,29)15-35/h8-9,12,18-19,22,35H,2-7,10-11,13-15H2,1H3,(H,30,31,32). The number of aromatic nitrogens is 2. The minimum Gasteiger partial charge on any atom is -0.390 e. The summed E-state index contributed by atoms with van der Waals surface area (Å²) in [6.45, 7) is 0.161. The quantitative estimate of drug-likeness (QED) is 0.477. The number of nitrogens with zero attached hydrogens (tertiary/aromatic N) is 4. The Labute approximate surface area is 219 Å². The molecule has 38 heavy (non-hydrogen) atoms. The number of likely N-dealkylation sites (tertiary alicyclic amines) is 1. The van der Waals surface area contributed by atoms with Gasteiger partial charge in [0.05, 0.1) is 18.3 Å². The molecule has 0 radical (unpaired) electrons. The smallest absolute Gasteiger partial charge is 0.283 e. The van der Waals surface area contributed by atoms with Crippen LogP contribution in [0.2, 0.25) is 0 Å². The molecule has 5 rings (SSSR count). The summed E-state index contributed by atoms with van der Waals surface area (Å²) in [6, 6.07) is 2.90. The molecule has 8 nitrogen and oxygen atoms in total. The van der Waals surface area contributed by atoms with Gasteiger partial charge in [-0.2, -0.15) is 0 Å². The summed E-state index contributed by atoms with van der Waals surface area (Å²) in [5.41, 5.74) is 1.09. The van der Waals surface area contributed by atoms with E-state index in [4.69, 9.17) is 10.1 Å². The second-order valence-electron chi connectivity index (χ2n) is 11.2. The van der Waals surface area contributed by atoms with E-state index in [1.165, 1.54) is 28.9 Å². The third-order valence-corrected chi connectivity index (χ3v) is 9.55. The van der Waals surface area contributed by atoms with Gasteiger partial charge in [-0.25, -0.2) is 40.3 Å². The van der Waals surface area contributed by atoms with Crippen molar-refractivity contribution in [2.45, 2.75) is 56.4 Å². The molecule has 2 aliphatic heterocycles. The molecular formula is C25H33F4N5O3S. The zero-order chi connectivity index (χ0) is 27.3. The van der Waals surface area contributed by atoms with Crippen molar-refractivity contribution in [3.05, 3.63) is 29.5 Å². The van der Waals surface area contributed by atoms with Crippen LogP contribution in [0.4, 0.5) is 23.5 Å². The number of rotatable bonds is 8. The zero-order valence-electron chi connectivity index (χ0n) is 21.2. The Kier molecular flexibility index (Phi) is 7.33. The van der Waals surface area contributed by atoms with Gasteiger partial charge in [0.1, 0.15) is 6.61 Å². The van der Waals surface area contributed by atoms with E-state index in [9.17, 15) is 26.0 Å². The highest BCUT2D eigenvalue weighted by atomic mass is 32.2. The topological polar surface area (TPSA) is 98.7 Å². The lowest BCUT2D eigenvalue weighted by Crippen LogP contribution is -2.42. The monoisotopic (exact) mass is 559 g/mol. The summed E-state index contributed by atoms with van der Waals surface area (Å²) >= 11 is 0. The molecule has 1 spiro atoms. The SMILES string of the molecule is CS(=O)(=O)N1CCC(Nc2ncc3cc(C(F)F)cc(C4CC5(CCN(CC(F)(F)CO)C5)C4)c3n2)CC1. The summed E-state index contributed by atoms with van der Waals surface area (Å²) in [6.07, 6.45) is 3.44. The molecule has 2 N–H and O–H groups in total. The molecule has 1 aromatic heterocycles. The number of aliphatic hydroxyl groups excluding tert-OH is 1. The lowest BCUT2D eigenvalue weighted by atomic mass is 9.59. The molecule has 1 aliphatic carbocycles. The molecule has 1 aromatic carbocycles. The summed E-state index contributed by atoms with van der Waals surface area (Å²) in [5.74, 6) is -2.79. The van der Waals surface area contributed by atoms with Crippen molar-refractivity contribution >= 4 is 26.9 Å². The highest BCUT2D eigenvalue weighted by molar-refractivity contribution is 7.88.